The molecule has 0 atom stereocenters. The average Bonchev–Trinajstić information content (AvgIpc) is 2.40. The molecule has 4 heteroatoms. The van der Waals surface area contributed by atoms with E-state index >= 15 is 0 Å². The van der Waals surface area contributed by atoms with Crippen molar-refractivity contribution in [1.82, 2.24) is 0 Å². The average molecular weight is 264 g/mol. The van der Waals surface area contributed by atoms with E-state index in [-0.39, 0.29) is 11.7 Å². The first kappa shape index (κ1) is 13.8. The van der Waals surface area contributed by atoms with Crippen molar-refractivity contribution in [2.45, 2.75) is 27.7 Å². The zero-order valence-electron chi connectivity index (χ0n) is 12.0. The molecule has 0 aromatic heterocycles. The van der Waals surface area contributed by atoms with E-state index in [0.717, 1.165) is 5.69 Å². The van der Waals surface area contributed by atoms with Crippen LogP contribution in [0.1, 0.15) is 27.7 Å². The molecule has 0 fully saturated rings. The van der Waals surface area contributed by atoms with E-state index in [1.54, 1.807) is 11.0 Å². The highest BCUT2D eigenvalue weighted by atomic mass is 19.1. The molecule has 1 aromatic rings. The van der Waals surface area contributed by atoms with Crippen LogP contribution in [0.15, 0.2) is 18.2 Å². The Kier molecular flexibility index (Phi) is 3.52. The maximum Gasteiger partial charge on any atom is 0.234 e. The second kappa shape index (κ2) is 4.83. The maximum atomic E-state index is 13.4. The summed E-state index contributed by atoms with van der Waals surface area (Å²) in [7, 11) is 0. The van der Waals surface area contributed by atoms with Crippen LogP contribution in [0.3, 0.4) is 0 Å². The van der Waals surface area contributed by atoms with Crippen molar-refractivity contribution in [3.8, 4) is 0 Å². The van der Waals surface area contributed by atoms with Crippen LogP contribution in [0.5, 0.6) is 0 Å². The zero-order chi connectivity index (χ0) is 14.2. The minimum absolute atomic E-state index is 0.0825. The lowest BCUT2D eigenvalue weighted by atomic mass is 9.91. The van der Waals surface area contributed by atoms with Crippen LogP contribution in [0, 0.1) is 17.2 Å². The number of carbonyl (C=O) groups is 1. The number of halogens is 1. The van der Waals surface area contributed by atoms with Gasteiger partial charge in [-0.3, -0.25) is 4.79 Å². The molecule has 3 nitrogen and oxygen atoms in total. The Morgan fingerprint density at radius 3 is 2.74 bits per heavy atom. The van der Waals surface area contributed by atoms with Gasteiger partial charge in [-0.15, -0.1) is 0 Å². The third-order valence-corrected chi connectivity index (χ3v) is 3.34. The van der Waals surface area contributed by atoms with Gasteiger partial charge in [0.25, 0.3) is 0 Å². The van der Waals surface area contributed by atoms with E-state index < -0.39 is 5.41 Å². The second-order valence-corrected chi connectivity index (χ2v) is 6.21. The summed E-state index contributed by atoms with van der Waals surface area (Å²) in [6, 6.07) is 4.54. The predicted octanol–water partition coefficient (Wildman–Crippen LogP) is 3.27. The number of nitrogens with one attached hydrogen (secondary N) is 1. The highest BCUT2D eigenvalue weighted by Gasteiger charge is 2.36. The standard InChI is InChI=1S/C15H21FN2O/c1-10(2)8-18-13-6-5-11(16)7-12(13)17-9-15(3,4)14(18)19/h5-7,10,17H,8-9H2,1-4H3. The topological polar surface area (TPSA) is 32.3 Å². The highest BCUT2D eigenvalue weighted by Crippen LogP contribution is 2.35. The third kappa shape index (κ3) is 2.72. The molecule has 1 aromatic carbocycles. The molecule has 0 aliphatic carbocycles. The number of anilines is 2. The number of benzene rings is 1. The monoisotopic (exact) mass is 264 g/mol. The largest absolute Gasteiger partial charge is 0.382 e. The van der Waals surface area contributed by atoms with E-state index in [1.807, 2.05) is 13.8 Å². The van der Waals surface area contributed by atoms with Crippen LogP contribution in [0.25, 0.3) is 0 Å². The van der Waals surface area contributed by atoms with Crippen molar-refractivity contribution in [2.24, 2.45) is 11.3 Å². The summed E-state index contributed by atoms with van der Waals surface area (Å²) < 4.78 is 13.4. The Balaban J connectivity index is 2.49. The number of amides is 1. The number of hydrogen-bond acceptors (Lipinski definition) is 2. The summed E-state index contributed by atoms with van der Waals surface area (Å²) in [5.74, 6) is 0.151. The van der Waals surface area contributed by atoms with E-state index in [9.17, 15) is 9.18 Å². The fraction of sp³-hybridized carbons (Fsp3) is 0.533. The Morgan fingerprint density at radius 1 is 1.42 bits per heavy atom. The van der Waals surface area contributed by atoms with Crippen molar-refractivity contribution < 1.29 is 9.18 Å². The van der Waals surface area contributed by atoms with Gasteiger partial charge in [-0.05, 0) is 38.0 Å². The Bertz CT molecular complexity index is 497. The van der Waals surface area contributed by atoms with Crippen LogP contribution in [-0.2, 0) is 4.79 Å². The summed E-state index contributed by atoms with van der Waals surface area (Å²) in [4.78, 5) is 14.4. The van der Waals surface area contributed by atoms with Crippen LogP contribution in [0.4, 0.5) is 15.8 Å². The van der Waals surface area contributed by atoms with Gasteiger partial charge >= 0.3 is 0 Å². The lowest BCUT2D eigenvalue weighted by Crippen LogP contribution is -2.43. The summed E-state index contributed by atoms with van der Waals surface area (Å²) in [5, 5.41) is 3.19. The molecule has 0 radical (unpaired) electrons. The summed E-state index contributed by atoms with van der Waals surface area (Å²) in [5.41, 5.74) is 0.968. The molecular formula is C15H21FN2O. The van der Waals surface area contributed by atoms with Gasteiger partial charge in [0.05, 0.1) is 16.8 Å². The first-order valence-corrected chi connectivity index (χ1v) is 6.66. The van der Waals surface area contributed by atoms with Gasteiger partial charge in [0.1, 0.15) is 5.82 Å². The van der Waals surface area contributed by atoms with Crippen molar-refractivity contribution in [1.29, 1.82) is 0 Å². The maximum absolute atomic E-state index is 13.4. The van der Waals surface area contributed by atoms with E-state index in [1.165, 1.54) is 12.1 Å². The molecule has 1 heterocycles. The molecule has 19 heavy (non-hydrogen) atoms. The van der Waals surface area contributed by atoms with E-state index in [2.05, 4.69) is 19.2 Å². The molecule has 1 aliphatic heterocycles. The molecule has 1 aliphatic rings. The first-order chi connectivity index (χ1) is 8.81. The molecule has 0 spiro atoms. The molecule has 0 bridgehead atoms. The van der Waals surface area contributed by atoms with Crippen molar-refractivity contribution >= 4 is 17.3 Å². The van der Waals surface area contributed by atoms with E-state index in [0.29, 0.717) is 24.7 Å². The Labute approximate surface area is 113 Å². The number of rotatable bonds is 2. The fourth-order valence-electron chi connectivity index (χ4n) is 2.30. The van der Waals surface area contributed by atoms with Gasteiger partial charge in [-0.25, -0.2) is 4.39 Å². The van der Waals surface area contributed by atoms with Crippen LogP contribution >= 0.6 is 0 Å². The van der Waals surface area contributed by atoms with Gasteiger partial charge in [0.15, 0.2) is 0 Å². The smallest absolute Gasteiger partial charge is 0.234 e. The number of nitrogens with zero attached hydrogens (tertiary/aromatic N) is 1. The number of carbonyl (C=O) groups excluding carboxylic acids is 1. The Hall–Kier alpha value is -1.58. The number of hydrogen-bond donors (Lipinski definition) is 1. The van der Waals surface area contributed by atoms with Gasteiger partial charge < -0.3 is 10.2 Å². The van der Waals surface area contributed by atoms with Gasteiger partial charge in [-0.2, -0.15) is 0 Å². The van der Waals surface area contributed by atoms with Crippen molar-refractivity contribution in [3.05, 3.63) is 24.0 Å². The predicted molar refractivity (Wildman–Crippen MR) is 75.9 cm³/mol. The minimum Gasteiger partial charge on any atom is -0.382 e. The molecule has 0 unspecified atom stereocenters. The molecule has 1 N–H and O–H groups in total. The van der Waals surface area contributed by atoms with Crippen LogP contribution in [0.2, 0.25) is 0 Å². The van der Waals surface area contributed by atoms with E-state index in [4.69, 9.17) is 0 Å². The molecule has 0 saturated carbocycles. The molecule has 104 valence electrons. The normalized spacial score (nSPS) is 18.0. The van der Waals surface area contributed by atoms with Crippen LogP contribution in [-0.4, -0.2) is 19.0 Å². The van der Waals surface area contributed by atoms with Crippen molar-refractivity contribution in [2.75, 3.05) is 23.3 Å². The summed E-state index contributed by atoms with van der Waals surface area (Å²) in [6.07, 6.45) is 0. The zero-order valence-corrected chi connectivity index (χ0v) is 12.0. The van der Waals surface area contributed by atoms with Gasteiger partial charge in [0, 0.05) is 13.1 Å². The second-order valence-electron chi connectivity index (χ2n) is 6.21. The first-order valence-electron chi connectivity index (χ1n) is 6.66. The minimum atomic E-state index is -0.496. The summed E-state index contributed by atoms with van der Waals surface area (Å²) in [6.45, 7) is 9.12. The molecular weight excluding hydrogens is 243 g/mol. The fourth-order valence-corrected chi connectivity index (χ4v) is 2.30. The SMILES string of the molecule is CC(C)CN1C(=O)C(C)(C)CNc2cc(F)ccc21. The Morgan fingerprint density at radius 2 is 2.11 bits per heavy atom. The quantitative estimate of drug-likeness (QED) is 0.889. The molecule has 1 amide bonds. The third-order valence-electron chi connectivity index (χ3n) is 3.34. The van der Waals surface area contributed by atoms with Crippen LogP contribution < -0.4 is 10.2 Å². The van der Waals surface area contributed by atoms with Gasteiger partial charge in [0.2, 0.25) is 5.91 Å². The molecule has 2 rings (SSSR count). The lowest BCUT2D eigenvalue weighted by Gasteiger charge is -2.30. The lowest BCUT2D eigenvalue weighted by molar-refractivity contribution is -0.125. The molecule has 0 saturated heterocycles. The summed E-state index contributed by atoms with van der Waals surface area (Å²) >= 11 is 0. The van der Waals surface area contributed by atoms with Crippen molar-refractivity contribution in [3.63, 3.8) is 0 Å². The number of fused-ring (bicyclic) bond motifs is 1. The highest BCUT2D eigenvalue weighted by molar-refractivity contribution is 6.01. The van der Waals surface area contributed by atoms with Gasteiger partial charge in [-0.1, -0.05) is 13.8 Å².